The van der Waals surface area contributed by atoms with Crippen molar-refractivity contribution in [2.24, 2.45) is 0 Å². The lowest BCUT2D eigenvalue weighted by atomic mass is 10.2. The lowest BCUT2D eigenvalue weighted by Gasteiger charge is -2.19. The first-order valence-electron chi connectivity index (χ1n) is 6.80. The highest BCUT2D eigenvalue weighted by Gasteiger charge is 2.30. The van der Waals surface area contributed by atoms with Gasteiger partial charge in [0.05, 0.1) is 12.2 Å². The van der Waals surface area contributed by atoms with Gasteiger partial charge in [-0.05, 0) is 31.5 Å². The minimum atomic E-state index is -0.737. The van der Waals surface area contributed by atoms with Crippen molar-refractivity contribution in [3.63, 3.8) is 0 Å². The molecular formula is C15H15ClN2O2S. The number of benzene rings is 1. The Morgan fingerprint density at radius 2 is 2.38 bits per heavy atom. The predicted molar refractivity (Wildman–Crippen MR) is 83.6 cm³/mol. The number of aromatic nitrogens is 1. The van der Waals surface area contributed by atoms with E-state index in [1.54, 1.807) is 11.3 Å². The normalized spacial score (nSPS) is 19.0. The van der Waals surface area contributed by atoms with Gasteiger partial charge in [-0.25, -0.2) is 4.98 Å². The van der Waals surface area contributed by atoms with Crippen LogP contribution in [0.5, 0.6) is 0 Å². The number of thiazole rings is 1. The molecule has 1 aliphatic heterocycles. The van der Waals surface area contributed by atoms with Crippen LogP contribution < -0.4 is 0 Å². The molecule has 2 heterocycles. The first-order chi connectivity index (χ1) is 10.1. The van der Waals surface area contributed by atoms with E-state index >= 15 is 0 Å². The zero-order valence-corrected chi connectivity index (χ0v) is 12.9. The number of carbonyl (C=O) groups is 1. The highest BCUT2D eigenvalue weighted by atomic mass is 35.5. The monoisotopic (exact) mass is 322 g/mol. The summed E-state index contributed by atoms with van der Waals surface area (Å²) in [6.07, 6.45) is 1.66. The van der Waals surface area contributed by atoms with Crippen molar-refractivity contribution in [3.8, 4) is 11.3 Å². The number of likely N-dealkylation sites (tertiary alicyclic amines) is 1. The van der Waals surface area contributed by atoms with Gasteiger partial charge in [0.1, 0.15) is 11.0 Å². The van der Waals surface area contributed by atoms with Crippen LogP contribution in [0.25, 0.3) is 11.3 Å². The first-order valence-corrected chi connectivity index (χ1v) is 8.06. The van der Waals surface area contributed by atoms with Gasteiger partial charge in [0.2, 0.25) is 0 Å². The number of rotatable bonds is 4. The maximum atomic E-state index is 11.2. The van der Waals surface area contributed by atoms with Crippen molar-refractivity contribution in [2.75, 3.05) is 6.54 Å². The van der Waals surface area contributed by atoms with Crippen molar-refractivity contribution in [1.82, 2.24) is 9.88 Å². The fourth-order valence-electron chi connectivity index (χ4n) is 2.63. The van der Waals surface area contributed by atoms with Gasteiger partial charge in [-0.1, -0.05) is 23.7 Å². The highest BCUT2D eigenvalue weighted by molar-refractivity contribution is 7.09. The number of aliphatic carboxylic acids is 1. The van der Waals surface area contributed by atoms with E-state index in [2.05, 4.69) is 4.98 Å². The topological polar surface area (TPSA) is 53.4 Å². The number of hydrogen-bond donors (Lipinski definition) is 1. The van der Waals surface area contributed by atoms with Gasteiger partial charge in [0.15, 0.2) is 0 Å². The summed E-state index contributed by atoms with van der Waals surface area (Å²) in [5.74, 6) is -0.737. The maximum absolute atomic E-state index is 11.2. The van der Waals surface area contributed by atoms with E-state index in [9.17, 15) is 9.90 Å². The minimum absolute atomic E-state index is 0.372. The third-order valence-corrected chi connectivity index (χ3v) is 4.73. The molecule has 110 valence electrons. The summed E-state index contributed by atoms with van der Waals surface area (Å²) in [5, 5.41) is 12.8. The number of carboxylic acids is 1. The van der Waals surface area contributed by atoms with Gasteiger partial charge in [0.25, 0.3) is 0 Å². The van der Waals surface area contributed by atoms with E-state index in [0.29, 0.717) is 11.6 Å². The summed E-state index contributed by atoms with van der Waals surface area (Å²) in [7, 11) is 0. The Hall–Kier alpha value is -1.43. The second kappa shape index (κ2) is 6.13. The van der Waals surface area contributed by atoms with Crippen LogP contribution in [0.1, 0.15) is 17.8 Å². The van der Waals surface area contributed by atoms with Gasteiger partial charge < -0.3 is 5.11 Å². The Kier molecular flexibility index (Phi) is 4.24. The maximum Gasteiger partial charge on any atom is 0.320 e. The molecule has 0 bridgehead atoms. The van der Waals surface area contributed by atoms with E-state index in [0.717, 1.165) is 35.7 Å². The van der Waals surface area contributed by atoms with Crippen molar-refractivity contribution in [2.45, 2.75) is 25.4 Å². The number of carboxylic acid groups (broad SMARTS) is 1. The lowest BCUT2D eigenvalue weighted by Crippen LogP contribution is -2.35. The van der Waals surface area contributed by atoms with Crippen LogP contribution >= 0.6 is 22.9 Å². The van der Waals surface area contributed by atoms with Crippen molar-refractivity contribution in [3.05, 3.63) is 39.7 Å². The Balaban J connectivity index is 1.75. The van der Waals surface area contributed by atoms with E-state index < -0.39 is 5.97 Å². The molecule has 1 saturated heterocycles. The predicted octanol–water partition coefficient (Wildman–Crippen LogP) is 3.51. The molecule has 0 spiro atoms. The molecule has 1 N–H and O–H groups in total. The van der Waals surface area contributed by atoms with Gasteiger partial charge in [-0.15, -0.1) is 11.3 Å². The van der Waals surface area contributed by atoms with Gasteiger partial charge in [0, 0.05) is 16.0 Å². The third-order valence-electron chi connectivity index (χ3n) is 3.66. The van der Waals surface area contributed by atoms with Crippen molar-refractivity contribution < 1.29 is 9.90 Å². The summed E-state index contributed by atoms with van der Waals surface area (Å²) in [6, 6.07) is 7.22. The SMILES string of the molecule is O=C(O)C1CCCN1Cc1nc(-c2cccc(Cl)c2)cs1. The largest absolute Gasteiger partial charge is 0.480 e. The summed E-state index contributed by atoms with van der Waals surface area (Å²) >= 11 is 7.56. The Morgan fingerprint density at radius 1 is 1.52 bits per heavy atom. The first kappa shape index (κ1) is 14.5. The second-order valence-corrected chi connectivity index (χ2v) is 6.48. The second-order valence-electron chi connectivity index (χ2n) is 5.10. The Labute approximate surface area is 132 Å². The molecule has 1 aromatic heterocycles. The third kappa shape index (κ3) is 3.26. The van der Waals surface area contributed by atoms with E-state index in [4.69, 9.17) is 11.6 Å². The summed E-state index contributed by atoms with van der Waals surface area (Å²) in [5.41, 5.74) is 1.88. The molecule has 6 heteroatoms. The van der Waals surface area contributed by atoms with Crippen LogP contribution in [-0.2, 0) is 11.3 Å². The molecule has 4 nitrogen and oxygen atoms in total. The number of nitrogens with zero attached hydrogens (tertiary/aromatic N) is 2. The van der Waals surface area contributed by atoms with Crippen molar-refractivity contribution >= 4 is 28.9 Å². The van der Waals surface area contributed by atoms with Gasteiger partial charge in [-0.3, -0.25) is 9.69 Å². The average Bonchev–Trinajstić information content (AvgIpc) is 3.08. The smallest absolute Gasteiger partial charge is 0.320 e. The molecule has 1 aromatic carbocycles. The molecular weight excluding hydrogens is 308 g/mol. The molecule has 1 atom stereocenters. The number of hydrogen-bond acceptors (Lipinski definition) is 4. The Bertz CT molecular complexity index is 659. The fourth-order valence-corrected chi connectivity index (χ4v) is 3.65. The zero-order chi connectivity index (χ0) is 14.8. The number of halogens is 1. The minimum Gasteiger partial charge on any atom is -0.480 e. The van der Waals surface area contributed by atoms with E-state index in [1.165, 1.54) is 0 Å². The molecule has 2 aromatic rings. The van der Waals surface area contributed by atoms with Crippen molar-refractivity contribution in [1.29, 1.82) is 0 Å². The molecule has 1 fully saturated rings. The molecule has 21 heavy (non-hydrogen) atoms. The van der Waals surface area contributed by atoms with Crippen LogP contribution in [0.3, 0.4) is 0 Å². The zero-order valence-electron chi connectivity index (χ0n) is 11.3. The fraction of sp³-hybridized carbons (Fsp3) is 0.333. The Morgan fingerprint density at radius 3 is 3.14 bits per heavy atom. The summed E-state index contributed by atoms with van der Waals surface area (Å²) in [4.78, 5) is 17.8. The molecule has 3 rings (SSSR count). The van der Waals surface area contributed by atoms with E-state index in [1.807, 2.05) is 34.5 Å². The molecule has 1 aliphatic rings. The highest BCUT2D eigenvalue weighted by Crippen LogP contribution is 2.27. The molecule has 0 aliphatic carbocycles. The van der Waals surface area contributed by atoms with Crippen LogP contribution in [0.4, 0.5) is 0 Å². The van der Waals surface area contributed by atoms with Crippen LogP contribution in [-0.4, -0.2) is 33.5 Å². The molecule has 1 unspecified atom stereocenters. The summed E-state index contributed by atoms with van der Waals surface area (Å²) < 4.78 is 0. The van der Waals surface area contributed by atoms with E-state index in [-0.39, 0.29) is 6.04 Å². The molecule has 0 radical (unpaired) electrons. The molecule has 0 amide bonds. The molecule has 0 saturated carbocycles. The van der Waals surface area contributed by atoms with Crippen LogP contribution in [0, 0.1) is 0 Å². The quantitative estimate of drug-likeness (QED) is 0.936. The van der Waals surface area contributed by atoms with Gasteiger partial charge in [-0.2, -0.15) is 0 Å². The lowest BCUT2D eigenvalue weighted by molar-refractivity contribution is -0.142. The van der Waals surface area contributed by atoms with Crippen LogP contribution in [0.2, 0.25) is 5.02 Å². The standard InChI is InChI=1S/C15H15ClN2O2S/c16-11-4-1-3-10(7-11)12-9-21-14(17-12)8-18-6-2-5-13(18)15(19)20/h1,3-4,7,9,13H,2,5-6,8H2,(H,19,20). The van der Waals surface area contributed by atoms with Crippen LogP contribution in [0.15, 0.2) is 29.6 Å². The average molecular weight is 323 g/mol. The van der Waals surface area contributed by atoms with Gasteiger partial charge >= 0.3 is 5.97 Å². The summed E-state index contributed by atoms with van der Waals surface area (Å²) in [6.45, 7) is 1.42.